The van der Waals surface area contributed by atoms with E-state index in [1.807, 2.05) is 12.1 Å². The Balaban J connectivity index is 1.66. The maximum atomic E-state index is 12.7. The summed E-state index contributed by atoms with van der Waals surface area (Å²) in [5.74, 6) is 0.358. The Kier molecular flexibility index (Phi) is 4.79. The third-order valence-corrected chi connectivity index (χ3v) is 6.08. The molecule has 1 saturated heterocycles. The number of aromatic nitrogens is 2. The van der Waals surface area contributed by atoms with Crippen molar-refractivity contribution in [1.29, 1.82) is 0 Å². The zero-order valence-electron chi connectivity index (χ0n) is 13.6. The van der Waals surface area contributed by atoms with Crippen LogP contribution in [0.5, 0.6) is 0 Å². The Morgan fingerprint density at radius 3 is 2.46 bits per heavy atom. The van der Waals surface area contributed by atoms with E-state index in [9.17, 15) is 8.42 Å². The molecule has 1 aliphatic rings. The van der Waals surface area contributed by atoms with Gasteiger partial charge in [0.25, 0.3) is 0 Å². The molecule has 128 valence electrons. The maximum Gasteiger partial charge on any atom is 0.244 e. The zero-order valence-corrected chi connectivity index (χ0v) is 14.4. The molecule has 0 aromatic carbocycles. The highest BCUT2D eigenvalue weighted by Crippen LogP contribution is 2.20. The third kappa shape index (κ3) is 3.55. The van der Waals surface area contributed by atoms with E-state index < -0.39 is 10.0 Å². The molecule has 0 bridgehead atoms. The van der Waals surface area contributed by atoms with Gasteiger partial charge in [-0.3, -0.25) is 9.88 Å². The van der Waals surface area contributed by atoms with Gasteiger partial charge in [0.1, 0.15) is 10.7 Å². The van der Waals surface area contributed by atoms with Gasteiger partial charge >= 0.3 is 0 Å². The molecule has 24 heavy (non-hydrogen) atoms. The second-order valence-electron chi connectivity index (χ2n) is 5.91. The fraction of sp³-hybridized carbons (Fsp3) is 0.375. The minimum Gasteiger partial charge on any atom is -0.383 e. The van der Waals surface area contributed by atoms with Crippen LogP contribution in [0, 0.1) is 6.92 Å². The first-order valence-electron chi connectivity index (χ1n) is 7.80. The highest BCUT2D eigenvalue weighted by atomic mass is 32.2. The summed E-state index contributed by atoms with van der Waals surface area (Å²) >= 11 is 0. The molecule has 7 nitrogen and oxygen atoms in total. The number of sulfonamides is 1. The Morgan fingerprint density at radius 2 is 1.83 bits per heavy atom. The van der Waals surface area contributed by atoms with Crippen molar-refractivity contribution >= 4 is 15.8 Å². The summed E-state index contributed by atoms with van der Waals surface area (Å²) in [5, 5.41) is 0. The molecular formula is C16H21N5O2S. The minimum absolute atomic E-state index is 0.205. The number of anilines is 1. The number of rotatable bonds is 4. The number of aryl methyl sites for hydroxylation is 1. The topological polar surface area (TPSA) is 92.4 Å². The molecular weight excluding hydrogens is 326 g/mol. The van der Waals surface area contributed by atoms with Crippen molar-refractivity contribution in [3.63, 3.8) is 0 Å². The van der Waals surface area contributed by atoms with Crippen LogP contribution in [0.4, 0.5) is 5.82 Å². The first-order chi connectivity index (χ1) is 11.5. The van der Waals surface area contributed by atoms with E-state index in [1.54, 1.807) is 25.4 Å². The van der Waals surface area contributed by atoms with E-state index in [1.165, 1.54) is 16.1 Å². The van der Waals surface area contributed by atoms with Gasteiger partial charge in [0.2, 0.25) is 10.0 Å². The first kappa shape index (κ1) is 16.8. The van der Waals surface area contributed by atoms with Gasteiger partial charge in [-0.05, 0) is 36.2 Å². The van der Waals surface area contributed by atoms with Crippen LogP contribution in [0.2, 0.25) is 0 Å². The van der Waals surface area contributed by atoms with Crippen LogP contribution in [0.25, 0.3) is 0 Å². The van der Waals surface area contributed by atoms with Crippen molar-refractivity contribution < 1.29 is 8.42 Å². The van der Waals surface area contributed by atoms with Gasteiger partial charge in [-0.25, -0.2) is 13.4 Å². The van der Waals surface area contributed by atoms with Gasteiger partial charge < -0.3 is 5.73 Å². The standard InChI is InChI=1S/C16H21N5O2S/c1-13-10-15(11-19-16(13)17)24(22,23)21-8-6-20(7-9-21)12-14-2-4-18-5-3-14/h2-5,10-11H,6-9,12H2,1H3,(H2,17,19). The largest absolute Gasteiger partial charge is 0.383 e. The van der Waals surface area contributed by atoms with E-state index in [0.717, 1.165) is 6.54 Å². The third-order valence-electron chi connectivity index (χ3n) is 4.22. The van der Waals surface area contributed by atoms with Crippen molar-refractivity contribution in [2.24, 2.45) is 0 Å². The second kappa shape index (κ2) is 6.84. The fourth-order valence-corrected chi connectivity index (χ4v) is 4.18. The predicted octanol–water partition coefficient (Wildman–Crippen LogP) is 0.874. The molecule has 0 radical (unpaired) electrons. The first-order valence-corrected chi connectivity index (χ1v) is 9.24. The molecule has 2 N–H and O–H groups in total. The maximum absolute atomic E-state index is 12.7. The van der Waals surface area contributed by atoms with Gasteiger partial charge in [0.05, 0.1) is 0 Å². The number of piperazine rings is 1. The van der Waals surface area contributed by atoms with Gasteiger partial charge in [-0.15, -0.1) is 0 Å². The molecule has 0 amide bonds. The average Bonchev–Trinajstić information content (AvgIpc) is 2.58. The van der Waals surface area contributed by atoms with E-state index >= 15 is 0 Å². The number of nitrogen functional groups attached to an aromatic ring is 1. The lowest BCUT2D eigenvalue weighted by molar-refractivity contribution is 0.181. The van der Waals surface area contributed by atoms with E-state index in [0.29, 0.717) is 37.6 Å². The molecule has 0 aliphatic carbocycles. The predicted molar refractivity (Wildman–Crippen MR) is 91.7 cm³/mol. The molecule has 0 atom stereocenters. The number of pyridine rings is 2. The Hall–Kier alpha value is -2.03. The van der Waals surface area contributed by atoms with Gasteiger partial charge in [0.15, 0.2) is 0 Å². The molecule has 2 aromatic rings. The van der Waals surface area contributed by atoms with E-state index in [4.69, 9.17) is 5.73 Å². The fourth-order valence-electron chi connectivity index (χ4n) is 2.72. The summed E-state index contributed by atoms with van der Waals surface area (Å²) in [7, 11) is -3.52. The summed E-state index contributed by atoms with van der Waals surface area (Å²) in [6.07, 6.45) is 4.87. The lowest BCUT2D eigenvalue weighted by Crippen LogP contribution is -2.48. The molecule has 1 fully saturated rings. The number of hydrogen-bond acceptors (Lipinski definition) is 6. The summed E-state index contributed by atoms with van der Waals surface area (Å²) in [4.78, 5) is 10.4. The van der Waals surface area contributed by atoms with Gasteiger partial charge in [-0.2, -0.15) is 4.31 Å². The van der Waals surface area contributed by atoms with Crippen molar-refractivity contribution in [3.8, 4) is 0 Å². The molecule has 3 rings (SSSR count). The highest BCUT2D eigenvalue weighted by molar-refractivity contribution is 7.89. The average molecular weight is 347 g/mol. The molecule has 0 saturated carbocycles. The summed E-state index contributed by atoms with van der Waals surface area (Å²) in [5.41, 5.74) is 7.53. The van der Waals surface area contributed by atoms with Crippen molar-refractivity contribution in [2.75, 3.05) is 31.9 Å². The van der Waals surface area contributed by atoms with Crippen molar-refractivity contribution in [2.45, 2.75) is 18.4 Å². The van der Waals surface area contributed by atoms with Crippen LogP contribution in [-0.2, 0) is 16.6 Å². The quantitative estimate of drug-likeness (QED) is 0.882. The lowest BCUT2D eigenvalue weighted by atomic mass is 10.2. The van der Waals surface area contributed by atoms with Crippen LogP contribution in [0.1, 0.15) is 11.1 Å². The Bertz CT molecular complexity index is 802. The van der Waals surface area contributed by atoms with Crippen LogP contribution >= 0.6 is 0 Å². The van der Waals surface area contributed by atoms with Crippen LogP contribution in [0.3, 0.4) is 0 Å². The molecule has 3 heterocycles. The Labute approximate surface area is 142 Å². The smallest absolute Gasteiger partial charge is 0.244 e. The van der Waals surface area contributed by atoms with Crippen LogP contribution in [-0.4, -0.2) is 53.8 Å². The van der Waals surface area contributed by atoms with E-state index in [2.05, 4.69) is 14.9 Å². The zero-order chi connectivity index (χ0) is 17.2. The normalized spacial score (nSPS) is 17.0. The molecule has 1 aliphatic heterocycles. The van der Waals surface area contributed by atoms with Crippen LogP contribution in [0.15, 0.2) is 41.7 Å². The highest BCUT2D eigenvalue weighted by Gasteiger charge is 2.29. The summed E-state index contributed by atoms with van der Waals surface area (Å²) in [6.45, 7) is 4.90. The van der Waals surface area contributed by atoms with Gasteiger partial charge in [0, 0.05) is 51.3 Å². The molecule has 8 heteroatoms. The molecule has 2 aromatic heterocycles. The molecule has 0 spiro atoms. The van der Waals surface area contributed by atoms with Crippen LogP contribution < -0.4 is 5.73 Å². The number of hydrogen-bond donors (Lipinski definition) is 1. The van der Waals surface area contributed by atoms with Crippen molar-refractivity contribution in [1.82, 2.24) is 19.2 Å². The minimum atomic E-state index is -3.52. The lowest BCUT2D eigenvalue weighted by Gasteiger charge is -2.34. The van der Waals surface area contributed by atoms with E-state index in [-0.39, 0.29) is 4.90 Å². The Morgan fingerprint density at radius 1 is 1.17 bits per heavy atom. The van der Waals surface area contributed by atoms with Gasteiger partial charge in [-0.1, -0.05) is 0 Å². The summed E-state index contributed by atoms with van der Waals surface area (Å²) in [6, 6.07) is 5.54. The SMILES string of the molecule is Cc1cc(S(=O)(=O)N2CCN(Cc3ccncc3)CC2)cnc1N. The molecule has 0 unspecified atom stereocenters. The summed E-state index contributed by atoms with van der Waals surface area (Å²) < 4.78 is 27.0. The van der Waals surface area contributed by atoms with Crippen molar-refractivity contribution in [3.05, 3.63) is 47.9 Å². The second-order valence-corrected chi connectivity index (χ2v) is 7.85. The monoisotopic (exact) mass is 347 g/mol. The number of nitrogens with two attached hydrogens (primary N) is 1. The number of nitrogens with zero attached hydrogens (tertiary/aromatic N) is 4.